The van der Waals surface area contributed by atoms with Crippen molar-refractivity contribution in [2.24, 2.45) is 4.99 Å². The van der Waals surface area contributed by atoms with Crippen LogP contribution in [0.2, 0.25) is 0 Å². The molecule has 6 nitrogen and oxygen atoms in total. The first kappa shape index (κ1) is 21.9. The summed E-state index contributed by atoms with van der Waals surface area (Å²) in [6.07, 6.45) is 0.817. The van der Waals surface area contributed by atoms with Gasteiger partial charge in [0.2, 0.25) is 0 Å². The van der Waals surface area contributed by atoms with Crippen LogP contribution in [0.1, 0.15) is 33.8 Å². The molecule has 1 aromatic carbocycles. The standard InChI is InChI=1S/C21H31N5OS/c1-5-23-21(25-15-18(26(3)4)19-10-7-13-28-19)24-12-11-16-8-6-9-17(14-16)20(27)22-2/h6-10,13-14,18H,5,11-12,15H2,1-4H3,(H,22,27)(H2,23,24,25). The first-order valence-electron chi connectivity index (χ1n) is 9.58. The Hall–Kier alpha value is -2.38. The van der Waals surface area contributed by atoms with Gasteiger partial charge >= 0.3 is 0 Å². The molecule has 3 N–H and O–H groups in total. The van der Waals surface area contributed by atoms with Gasteiger partial charge in [0, 0.05) is 30.6 Å². The predicted octanol–water partition coefficient (Wildman–Crippen LogP) is 2.51. The van der Waals surface area contributed by atoms with E-state index in [1.165, 1.54) is 4.88 Å². The molecule has 2 aromatic rings. The van der Waals surface area contributed by atoms with Gasteiger partial charge in [-0.2, -0.15) is 0 Å². The van der Waals surface area contributed by atoms with Gasteiger partial charge < -0.3 is 20.9 Å². The fourth-order valence-corrected chi connectivity index (χ4v) is 3.76. The molecule has 1 amide bonds. The molecule has 0 saturated carbocycles. The van der Waals surface area contributed by atoms with E-state index in [4.69, 9.17) is 4.99 Å². The molecule has 7 heteroatoms. The van der Waals surface area contributed by atoms with E-state index in [0.717, 1.165) is 31.0 Å². The molecule has 1 heterocycles. The molecule has 0 aliphatic carbocycles. The molecule has 0 saturated heterocycles. The summed E-state index contributed by atoms with van der Waals surface area (Å²) in [7, 11) is 5.81. The summed E-state index contributed by atoms with van der Waals surface area (Å²) in [4.78, 5) is 20.1. The molecule has 0 radical (unpaired) electrons. The van der Waals surface area contributed by atoms with E-state index in [-0.39, 0.29) is 11.9 Å². The van der Waals surface area contributed by atoms with Gasteiger partial charge in [0.25, 0.3) is 5.91 Å². The van der Waals surface area contributed by atoms with Gasteiger partial charge in [0.15, 0.2) is 5.96 Å². The maximum Gasteiger partial charge on any atom is 0.251 e. The second-order valence-corrected chi connectivity index (χ2v) is 7.65. The second-order valence-electron chi connectivity index (χ2n) is 6.67. The highest BCUT2D eigenvalue weighted by Gasteiger charge is 2.14. The van der Waals surface area contributed by atoms with Gasteiger partial charge in [-0.05, 0) is 56.6 Å². The van der Waals surface area contributed by atoms with Crippen LogP contribution >= 0.6 is 11.3 Å². The Labute approximate surface area is 172 Å². The summed E-state index contributed by atoms with van der Waals surface area (Å²) in [5, 5.41) is 11.5. The Kier molecular flexibility index (Phi) is 8.97. The normalized spacial score (nSPS) is 12.7. The Morgan fingerprint density at radius 1 is 1.21 bits per heavy atom. The quantitative estimate of drug-likeness (QED) is 0.446. The second kappa shape index (κ2) is 11.5. The van der Waals surface area contributed by atoms with Gasteiger partial charge in [-0.15, -0.1) is 11.3 Å². The highest BCUT2D eigenvalue weighted by Crippen LogP contribution is 2.23. The molecule has 0 bridgehead atoms. The van der Waals surface area contributed by atoms with Crippen molar-refractivity contribution in [3.63, 3.8) is 0 Å². The van der Waals surface area contributed by atoms with Crippen LogP contribution in [0.15, 0.2) is 46.8 Å². The van der Waals surface area contributed by atoms with Crippen molar-refractivity contribution in [2.45, 2.75) is 19.4 Å². The number of nitrogens with zero attached hydrogens (tertiary/aromatic N) is 2. The molecule has 152 valence electrons. The van der Waals surface area contributed by atoms with Crippen LogP contribution in [-0.4, -0.2) is 57.5 Å². The van der Waals surface area contributed by atoms with Crippen LogP contribution in [0, 0.1) is 0 Å². The van der Waals surface area contributed by atoms with Crippen LogP contribution in [0.4, 0.5) is 0 Å². The highest BCUT2D eigenvalue weighted by molar-refractivity contribution is 7.10. The van der Waals surface area contributed by atoms with Crippen LogP contribution in [0.25, 0.3) is 0 Å². The molecular formula is C21H31N5OS. The smallest absolute Gasteiger partial charge is 0.251 e. The van der Waals surface area contributed by atoms with Gasteiger partial charge in [-0.1, -0.05) is 18.2 Å². The molecule has 1 atom stereocenters. The van der Waals surface area contributed by atoms with E-state index in [1.54, 1.807) is 18.4 Å². The number of guanidine groups is 1. The van der Waals surface area contributed by atoms with Crippen LogP contribution in [0.5, 0.6) is 0 Å². The number of rotatable bonds is 9. The fourth-order valence-electron chi connectivity index (χ4n) is 2.85. The van der Waals surface area contributed by atoms with E-state index in [0.29, 0.717) is 12.1 Å². The number of hydrogen-bond acceptors (Lipinski definition) is 4. The van der Waals surface area contributed by atoms with E-state index < -0.39 is 0 Å². The first-order valence-corrected chi connectivity index (χ1v) is 10.5. The first-order chi connectivity index (χ1) is 13.5. The number of benzene rings is 1. The topological polar surface area (TPSA) is 68.8 Å². The molecule has 2 rings (SSSR count). The summed E-state index contributed by atoms with van der Waals surface area (Å²) in [6.45, 7) is 4.31. The molecule has 0 fully saturated rings. The number of carbonyl (C=O) groups excluding carboxylic acids is 1. The predicted molar refractivity (Wildman–Crippen MR) is 118 cm³/mol. The summed E-state index contributed by atoms with van der Waals surface area (Å²) >= 11 is 1.76. The number of thiophene rings is 1. The van der Waals surface area contributed by atoms with Crippen LogP contribution in [-0.2, 0) is 6.42 Å². The molecule has 0 spiro atoms. The summed E-state index contributed by atoms with van der Waals surface area (Å²) < 4.78 is 0. The van der Waals surface area contributed by atoms with Gasteiger partial charge in [-0.25, -0.2) is 0 Å². The lowest BCUT2D eigenvalue weighted by Gasteiger charge is -2.22. The molecule has 0 aliphatic rings. The number of hydrogen-bond donors (Lipinski definition) is 3. The minimum absolute atomic E-state index is 0.0620. The minimum Gasteiger partial charge on any atom is -0.357 e. The summed E-state index contributed by atoms with van der Waals surface area (Å²) in [5.74, 6) is 0.751. The van der Waals surface area contributed by atoms with Crippen LogP contribution < -0.4 is 16.0 Å². The molecular weight excluding hydrogens is 370 g/mol. The lowest BCUT2D eigenvalue weighted by Crippen LogP contribution is -2.39. The average molecular weight is 402 g/mol. The Morgan fingerprint density at radius 3 is 2.68 bits per heavy atom. The Balaban J connectivity index is 1.95. The lowest BCUT2D eigenvalue weighted by atomic mass is 10.1. The number of amides is 1. The summed E-state index contributed by atoms with van der Waals surface area (Å²) in [5.41, 5.74) is 1.81. The van der Waals surface area contributed by atoms with Crippen molar-refractivity contribution < 1.29 is 4.79 Å². The zero-order valence-corrected chi connectivity index (χ0v) is 18.0. The average Bonchev–Trinajstić information content (AvgIpc) is 3.22. The van der Waals surface area contributed by atoms with E-state index in [9.17, 15) is 4.79 Å². The third-order valence-electron chi connectivity index (χ3n) is 4.38. The van der Waals surface area contributed by atoms with Gasteiger partial charge in [-0.3, -0.25) is 9.79 Å². The Bertz CT molecular complexity index is 758. The van der Waals surface area contributed by atoms with Gasteiger partial charge in [0.1, 0.15) is 0 Å². The fraction of sp³-hybridized carbons (Fsp3) is 0.429. The number of nitrogens with one attached hydrogen (secondary N) is 3. The number of aliphatic imine (C=N–C) groups is 1. The van der Waals surface area contributed by atoms with Crippen molar-refractivity contribution in [3.8, 4) is 0 Å². The maximum absolute atomic E-state index is 11.8. The molecule has 0 aliphatic heterocycles. The third kappa shape index (κ3) is 6.65. The lowest BCUT2D eigenvalue weighted by molar-refractivity contribution is 0.0963. The SMILES string of the molecule is CCNC(=NCC(c1cccs1)N(C)C)NCCc1cccc(C(=O)NC)c1. The van der Waals surface area contributed by atoms with E-state index in [2.05, 4.69) is 59.4 Å². The zero-order chi connectivity index (χ0) is 20.4. The van der Waals surface area contributed by atoms with Crippen molar-refractivity contribution in [3.05, 3.63) is 57.8 Å². The zero-order valence-electron chi connectivity index (χ0n) is 17.2. The Morgan fingerprint density at radius 2 is 2.04 bits per heavy atom. The van der Waals surface area contributed by atoms with Crippen molar-refractivity contribution in [1.29, 1.82) is 0 Å². The van der Waals surface area contributed by atoms with E-state index in [1.807, 2.05) is 24.3 Å². The van der Waals surface area contributed by atoms with E-state index >= 15 is 0 Å². The van der Waals surface area contributed by atoms with Crippen molar-refractivity contribution >= 4 is 23.2 Å². The minimum atomic E-state index is -0.0620. The molecule has 1 unspecified atom stereocenters. The van der Waals surface area contributed by atoms with Crippen LogP contribution in [0.3, 0.4) is 0 Å². The van der Waals surface area contributed by atoms with Crippen molar-refractivity contribution in [2.75, 3.05) is 40.8 Å². The largest absolute Gasteiger partial charge is 0.357 e. The highest BCUT2D eigenvalue weighted by atomic mass is 32.1. The molecule has 1 aromatic heterocycles. The number of likely N-dealkylation sites (N-methyl/N-ethyl adjacent to an activating group) is 1. The van der Waals surface area contributed by atoms with Gasteiger partial charge in [0.05, 0.1) is 12.6 Å². The maximum atomic E-state index is 11.8. The number of carbonyl (C=O) groups is 1. The third-order valence-corrected chi connectivity index (χ3v) is 5.36. The summed E-state index contributed by atoms with van der Waals surface area (Å²) in [6, 6.07) is 12.2. The monoisotopic (exact) mass is 401 g/mol. The molecule has 28 heavy (non-hydrogen) atoms. The van der Waals surface area contributed by atoms with Crippen molar-refractivity contribution in [1.82, 2.24) is 20.9 Å².